The van der Waals surface area contributed by atoms with Crippen LogP contribution in [0.25, 0.3) is 0 Å². The number of carbonyl (C=O) groups excluding carboxylic acids is 6. The zero-order chi connectivity index (χ0) is 14.9. The van der Waals surface area contributed by atoms with Crippen molar-refractivity contribution in [2.24, 2.45) is 10.4 Å². The van der Waals surface area contributed by atoms with E-state index in [1.807, 2.05) is 0 Å². The lowest BCUT2D eigenvalue weighted by atomic mass is 10.3. The third-order valence-corrected chi connectivity index (χ3v) is 2.19. The van der Waals surface area contributed by atoms with Gasteiger partial charge in [-0.05, 0) is 10.4 Å². The maximum absolute atomic E-state index is 11.3. The van der Waals surface area contributed by atoms with Crippen LogP contribution in [0, 0.1) is 0 Å². The monoisotopic (exact) mass is 282 g/mol. The van der Waals surface area contributed by atoms with Crippen LogP contribution >= 0.6 is 0 Å². The quantitative estimate of drug-likeness (QED) is 0.449. The number of barbiturate groups is 2. The van der Waals surface area contributed by atoms with Gasteiger partial charge in [-0.15, -0.1) is 10.0 Å². The molecule has 2 aliphatic rings. The van der Waals surface area contributed by atoms with Crippen molar-refractivity contribution < 1.29 is 28.8 Å². The summed E-state index contributed by atoms with van der Waals surface area (Å²) in [7, 11) is 0. The number of nitrogens with one attached hydrogen (secondary N) is 2. The second kappa shape index (κ2) is 4.83. The molecule has 0 radical (unpaired) electrons. The molecule has 12 heteroatoms. The van der Waals surface area contributed by atoms with Crippen molar-refractivity contribution in [1.82, 2.24) is 20.7 Å². The molecule has 0 saturated carbocycles. The van der Waals surface area contributed by atoms with Crippen LogP contribution in [0.4, 0.5) is 9.59 Å². The molecule has 2 aliphatic heterocycles. The molecule has 12 nitrogen and oxygen atoms in total. The molecule has 0 aliphatic carbocycles. The summed E-state index contributed by atoms with van der Waals surface area (Å²) in [5.74, 6) is -3.54. The van der Waals surface area contributed by atoms with Gasteiger partial charge in [0.15, 0.2) is 0 Å². The lowest BCUT2D eigenvalue weighted by Gasteiger charge is -2.21. The third kappa shape index (κ3) is 2.47. The second-order valence-corrected chi connectivity index (χ2v) is 3.65. The summed E-state index contributed by atoms with van der Waals surface area (Å²) in [5, 5.41) is 10.2. The number of rotatable bonds is 2. The van der Waals surface area contributed by atoms with Crippen molar-refractivity contribution in [2.45, 2.75) is 12.8 Å². The Balaban J connectivity index is 2.12. The average molecular weight is 282 g/mol. The molecular formula is C8H6N6O6. The molecule has 2 N–H and O–H groups in total. The fraction of sp³-hybridized carbons (Fsp3) is 0.250. The van der Waals surface area contributed by atoms with E-state index in [0.29, 0.717) is 0 Å². The summed E-state index contributed by atoms with van der Waals surface area (Å²) in [6.07, 6.45) is -1.24. The van der Waals surface area contributed by atoms with Crippen molar-refractivity contribution in [1.29, 1.82) is 0 Å². The van der Waals surface area contributed by atoms with Gasteiger partial charge in [-0.3, -0.25) is 29.8 Å². The van der Waals surface area contributed by atoms with Crippen LogP contribution in [-0.2, 0) is 19.2 Å². The molecule has 2 saturated heterocycles. The highest BCUT2D eigenvalue weighted by atomic mass is 16.2. The van der Waals surface area contributed by atoms with Crippen LogP contribution in [0.5, 0.6) is 0 Å². The summed E-state index contributed by atoms with van der Waals surface area (Å²) >= 11 is 0. The van der Waals surface area contributed by atoms with Crippen LogP contribution in [0.1, 0.15) is 12.8 Å². The number of imide groups is 4. The first-order valence-corrected chi connectivity index (χ1v) is 5.13. The van der Waals surface area contributed by atoms with Crippen molar-refractivity contribution >= 4 is 35.7 Å². The maximum Gasteiger partial charge on any atom is 0.353 e. The van der Waals surface area contributed by atoms with E-state index in [4.69, 9.17) is 0 Å². The van der Waals surface area contributed by atoms with Crippen molar-refractivity contribution in [3.05, 3.63) is 0 Å². The van der Waals surface area contributed by atoms with Gasteiger partial charge in [0.2, 0.25) is 11.8 Å². The molecule has 104 valence electrons. The largest absolute Gasteiger partial charge is 0.353 e. The number of hydrogen-bond donors (Lipinski definition) is 2. The predicted octanol–water partition coefficient (Wildman–Crippen LogP) is -1.79. The SMILES string of the molecule is O=C1CC(=O)N(N=NN2C(=O)CC(=O)NC2=O)C(=O)N1. The maximum atomic E-state index is 11.3. The van der Waals surface area contributed by atoms with Gasteiger partial charge in [0.25, 0.3) is 11.8 Å². The first-order chi connectivity index (χ1) is 9.38. The molecule has 2 fully saturated rings. The van der Waals surface area contributed by atoms with Crippen LogP contribution in [-0.4, -0.2) is 45.7 Å². The lowest BCUT2D eigenvalue weighted by molar-refractivity contribution is -0.140. The van der Waals surface area contributed by atoms with E-state index < -0.39 is 48.5 Å². The highest BCUT2D eigenvalue weighted by molar-refractivity contribution is 6.14. The molecule has 0 aromatic rings. The average Bonchev–Trinajstić information content (AvgIpc) is 2.30. The van der Waals surface area contributed by atoms with Crippen LogP contribution in [0.2, 0.25) is 0 Å². The topological polar surface area (TPSA) is 158 Å². The Morgan fingerprint density at radius 3 is 1.35 bits per heavy atom. The van der Waals surface area contributed by atoms with Gasteiger partial charge in [-0.25, -0.2) is 9.59 Å². The van der Waals surface area contributed by atoms with Crippen LogP contribution in [0.3, 0.4) is 0 Å². The van der Waals surface area contributed by atoms with E-state index in [1.54, 1.807) is 10.6 Å². The van der Waals surface area contributed by atoms with E-state index in [2.05, 4.69) is 10.4 Å². The summed E-state index contributed by atoms with van der Waals surface area (Å²) in [6.45, 7) is 0. The van der Waals surface area contributed by atoms with Gasteiger partial charge in [0.05, 0.1) is 0 Å². The molecule has 20 heavy (non-hydrogen) atoms. The molecular weight excluding hydrogens is 276 g/mol. The van der Waals surface area contributed by atoms with Gasteiger partial charge in [-0.2, -0.15) is 0 Å². The Hall–Kier alpha value is -3.18. The first-order valence-electron chi connectivity index (χ1n) is 5.13. The highest BCUT2D eigenvalue weighted by Gasteiger charge is 2.34. The van der Waals surface area contributed by atoms with Crippen LogP contribution < -0.4 is 10.6 Å². The number of amides is 8. The number of hydrogen-bond acceptors (Lipinski definition) is 8. The number of carbonyl (C=O) groups is 6. The molecule has 0 spiro atoms. The number of nitrogens with zero attached hydrogens (tertiary/aromatic N) is 4. The highest BCUT2D eigenvalue weighted by Crippen LogP contribution is 2.08. The summed E-state index contributed by atoms with van der Waals surface area (Å²) in [4.78, 5) is 66.9. The summed E-state index contributed by atoms with van der Waals surface area (Å²) < 4.78 is 0. The zero-order valence-corrected chi connectivity index (χ0v) is 9.65. The molecule has 0 unspecified atom stereocenters. The Kier molecular flexibility index (Phi) is 3.20. The Labute approximate surface area is 109 Å². The normalized spacial score (nSPS) is 20.6. The fourth-order valence-electron chi connectivity index (χ4n) is 1.34. The van der Waals surface area contributed by atoms with E-state index >= 15 is 0 Å². The molecule has 8 amide bonds. The second-order valence-electron chi connectivity index (χ2n) is 3.65. The van der Waals surface area contributed by atoms with E-state index in [9.17, 15) is 28.8 Å². The minimum atomic E-state index is -1.16. The molecule has 2 rings (SSSR count). The minimum absolute atomic E-state index is 0.193. The fourth-order valence-corrected chi connectivity index (χ4v) is 1.34. The summed E-state index contributed by atoms with van der Waals surface area (Å²) in [6, 6.07) is -2.31. The van der Waals surface area contributed by atoms with E-state index in [0.717, 1.165) is 0 Å². The van der Waals surface area contributed by atoms with Crippen molar-refractivity contribution in [3.8, 4) is 0 Å². The smallest absolute Gasteiger partial charge is 0.276 e. The predicted molar refractivity (Wildman–Crippen MR) is 54.9 cm³/mol. The van der Waals surface area contributed by atoms with Gasteiger partial charge < -0.3 is 0 Å². The molecule has 0 atom stereocenters. The standard InChI is InChI=1S/C8H6N6O6/c15-3-1-5(17)13(7(19)9-3)11-12-14-6(18)2-4(16)10-8(14)20/h1-2H2,(H,9,15,19)(H,10,16,20). The minimum Gasteiger partial charge on any atom is -0.276 e. The van der Waals surface area contributed by atoms with E-state index in [1.165, 1.54) is 0 Å². The first kappa shape index (κ1) is 13.3. The zero-order valence-electron chi connectivity index (χ0n) is 9.65. The van der Waals surface area contributed by atoms with Crippen molar-refractivity contribution in [2.75, 3.05) is 0 Å². The molecule has 0 aromatic carbocycles. The van der Waals surface area contributed by atoms with Gasteiger partial charge >= 0.3 is 12.1 Å². The van der Waals surface area contributed by atoms with Gasteiger partial charge in [-0.1, -0.05) is 0 Å². The van der Waals surface area contributed by atoms with Gasteiger partial charge in [0.1, 0.15) is 12.8 Å². The van der Waals surface area contributed by atoms with E-state index in [-0.39, 0.29) is 10.0 Å². The van der Waals surface area contributed by atoms with Crippen LogP contribution in [0.15, 0.2) is 10.4 Å². The van der Waals surface area contributed by atoms with Gasteiger partial charge in [0, 0.05) is 0 Å². The lowest BCUT2D eigenvalue weighted by Crippen LogP contribution is -2.52. The Morgan fingerprint density at radius 1 is 0.700 bits per heavy atom. The summed E-state index contributed by atoms with van der Waals surface area (Å²) in [5.41, 5.74) is 0. The molecule has 2 heterocycles. The Bertz CT molecular complexity index is 492. The van der Waals surface area contributed by atoms with Crippen molar-refractivity contribution in [3.63, 3.8) is 0 Å². The molecule has 0 bridgehead atoms. The Morgan fingerprint density at radius 2 is 1.05 bits per heavy atom. The molecule has 0 aromatic heterocycles. The third-order valence-electron chi connectivity index (χ3n) is 2.19. The number of urea groups is 2.